The number of fused-ring (bicyclic) bond motifs is 20. The van der Waals surface area contributed by atoms with Gasteiger partial charge >= 0.3 is 0 Å². The van der Waals surface area contributed by atoms with Crippen LogP contribution in [-0.4, -0.2) is 0 Å². The maximum Gasteiger partial charge on any atom is 0.132 e. The summed E-state index contributed by atoms with van der Waals surface area (Å²) in [6.45, 7) is 0. The summed E-state index contributed by atoms with van der Waals surface area (Å²) in [6.07, 6.45) is 0. The lowest BCUT2D eigenvalue weighted by molar-refractivity contribution is 0.436. The van der Waals surface area contributed by atoms with Gasteiger partial charge in [0.05, 0.1) is 16.5 Å². The van der Waals surface area contributed by atoms with E-state index in [4.69, 9.17) is 9.47 Å². The normalized spacial score (nSPS) is 14.3. The maximum atomic E-state index is 6.84. The van der Waals surface area contributed by atoms with E-state index in [1.807, 2.05) is 0 Å². The number of ether oxygens (including phenoxy) is 2. The number of para-hydroxylation sites is 4. The minimum atomic E-state index is -0.680. The monoisotopic (exact) mass is 879 g/mol. The molecule has 11 aromatic rings. The minimum absolute atomic E-state index is 0.615. The van der Waals surface area contributed by atoms with Crippen molar-refractivity contribution in [3.63, 3.8) is 0 Å². The molecule has 3 heteroatoms. The van der Waals surface area contributed by atoms with Gasteiger partial charge in [-0.25, -0.2) is 0 Å². The van der Waals surface area contributed by atoms with Gasteiger partial charge in [-0.05, 0) is 115 Å². The number of benzene rings is 11. The molecule has 11 aromatic carbocycles. The Morgan fingerprint density at radius 3 is 1.48 bits per heavy atom. The fraction of sp³-hybridized carbons (Fsp3) is 0.0303. The zero-order chi connectivity index (χ0) is 45.3. The minimum Gasteiger partial charge on any atom is -0.457 e. The highest BCUT2D eigenvalue weighted by Crippen LogP contribution is 2.66. The Labute approximate surface area is 400 Å². The molecule has 0 fully saturated rings. The molecule has 0 saturated carbocycles. The third-order valence-corrected chi connectivity index (χ3v) is 15.4. The highest BCUT2D eigenvalue weighted by molar-refractivity contribution is 6.03. The van der Waals surface area contributed by atoms with Gasteiger partial charge in [0.2, 0.25) is 0 Å². The van der Waals surface area contributed by atoms with E-state index in [0.717, 1.165) is 62.3 Å². The molecule has 0 saturated heterocycles. The Balaban J connectivity index is 1.04. The first kappa shape index (κ1) is 38.2. The summed E-state index contributed by atoms with van der Waals surface area (Å²) >= 11 is 0. The Morgan fingerprint density at radius 1 is 0.304 bits per heavy atom. The van der Waals surface area contributed by atoms with Gasteiger partial charge in [-0.3, -0.25) is 0 Å². The van der Waals surface area contributed by atoms with Crippen LogP contribution in [-0.2, 0) is 10.8 Å². The number of hydrogen-bond acceptors (Lipinski definition) is 3. The van der Waals surface area contributed by atoms with Gasteiger partial charge in [-0.2, -0.15) is 0 Å². The molecule has 0 aromatic heterocycles. The largest absolute Gasteiger partial charge is 0.457 e. The van der Waals surface area contributed by atoms with Crippen molar-refractivity contribution < 1.29 is 9.47 Å². The lowest BCUT2D eigenvalue weighted by Crippen LogP contribution is -2.32. The van der Waals surface area contributed by atoms with Crippen LogP contribution in [0, 0.1) is 0 Å². The third-order valence-electron chi connectivity index (χ3n) is 15.4. The Morgan fingerprint density at radius 2 is 0.812 bits per heavy atom. The quantitative estimate of drug-likeness (QED) is 0.176. The predicted octanol–water partition coefficient (Wildman–Crippen LogP) is 16.9. The van der Waals surface area contributed by atoms with Crippen LogP contribution < -0.4 is 14.4 Å². The van der Waals surface area contributed by atoms with E-state index in [1.165, 1.54) is 66.4 Å². The third kappa shape index (κ3) is 5.06. The molecule has 0 atom stereocenters. The van der Waals surface area contributed by atoms with Gasteiger partial charge in [0.1, 0.15) is 23.0 Å². The van der Waals surface area contributed by atoms with Crippen molar-refractivity contribution in [1.82, 2.24) is 0 Å². The second-order valence-corrected chi connectivity index (χ2v) is 18.6. The molecule has 4 aliphatic rings. The SMILES string of the molecule is c1ccc(-c2ccc(N(c3ccc4c(c3)C3(c5ccccc5Oc5ccccc53)c3c-4ccc4ccccc34)c3cccc4c3-c3ccccc3C43c4ccccc4Oc4ccccc43)cc2)cc1. The van der Waals surface area contributed by atoms with Crippen LogP contribution in [0.25, 0.3) is 44.2 Å². The molecule has 3 nitrogen and oxygen atoms in total. The van der Waals surface area contributed by atoms with Gasteiger partial charge in [-0.1, -0.05) is 194 Å². The van der Waals surface area contributed by atoms with Gasteiger partial charge in [0.25, 0.3) is 0 Å². The van der Waals surface area contributed by atoms with Crippen LogP contribution in [0.1, 0.15) is 44.5 Å². The topological polar surface area (TPSA) is 21.7 Å². The molecule has 2 spiro atoms. The zero-order valence-corrected chi connectivity index (χ0v) is 37.4. The van der Waals surface area contributed by atoms with Crippen molar-refractivity contribution >= 4 is 27.8 Å². The Kier molecular flexibility index (Phi) is 7.92. The molecule has 2 aliphatic heterocycles. The molecule has 322 valence electrons. The maximum absolute atomic E-state index is 6.84. The number of rotatable bonds is 4. The van der Waals surface area contributed by atoms with E-state index in [-0.39, 0.29) is 0 Å². The summed E-state index contributed by atoms with van der Waals surface area (Å²) in [7, 11) is 0. The first-order chi connectivity index (χ1) is 34.2. The zero-order valence-electron chi connectivity index (χ0n) is 37.4. The second-order valence-electron chi connectivity index (χ2n) is 18.6. The van der Waals surface area contributed by atoms with E-state index >= 15 is 0 Å². The van der Waals surface area contributed by atoms with Crippen molar-refractivity contribution in [2.24, 2.45) is 0 Å². The summed E-state index contributed by atoms with van der Waals surface area (Å²) in [5, 5.41) is 2.46. The van der Waals surface area contributed by atoms with Crippen LogP contribution >= 0.6 is 0 Å². The van der Waals surface area contributed by atoms with E-state index in [0.29, 0.717) is 0 Å². The average molecular weight is 880 g/mol. The van der Waals surface area contributed by atoms with Gasteiger partial charge in [0.15, 0.2) is 0 Å². The highest BCUT2D eigenvalue weighted by atomic mass is 16.5. The van der Waals surface area contributed by atoms with E-state index in [2.05, 4.69) is 254 Å². The standard InChI is InChI=1S/C66H41NO2/c1-2-17-42(18-3-1)43-33-36-45(37-34-43)67(58-28-16-27-56-63(58)50-21-6-7-22-51(50)65(56)52-23-8-12-29-59(52)68-60-30-13-9-24-53(60)65)46-38-40-48-49-39-35-44-19-4-5-20-47(44)64(49)66(57(48)41-46)54-25-10-14-31-61(54)69-62-32-15-11-26-55(62)66/h1-41H. The van der Waals surface area contributed by atoms with Crippen molar-refractivity contribution in [1.29, 1.82) is 0 Å². The van der Waals surface area contributed by atoms with E-state index < -0.39 is 10.8 Å². The molecular formula is C66H41NO2. The Bertz CT molecular complexity index is 3830. The van der Waals surface area contributed by atoms with Gasteiger partial charge in [0, 0.05) is 39.2 Å². The fourth-order valence-electron chi connectivity index (χ4n) is 12.7. The molecule has 0 amide bonds. The first-order valence-corrected chi connectivity index (χ1v) is 23.8. The van der Waals surface area contributed by atoms with Crippen LogP contribution in [0.3, 0.4) is 0 Å². The van der Waals surface area contributed by atoms with E-state index in [1.54, 1.807) is 0 Å². The van der Waals surface area contributed by atoms with Crippen LogP contribution in [0.4, 0.5) is 17.1 Å². The van der Waals surface area contributed by atoms with Gasteiger partial charge < -0.3 is 14.4 Å². The summed E-state index contributed by atoms with van der Waals surface area (Å²) < 4.78 is 13.6. The number of hydrogen-bond donors (Lipinski definition) is 0. The van der Waals surface area contributed by atoms with E-state index in [9.17, 15) is 0 Å². The van der Waals surface area contributed by atoms with Crippen molar-refractivity contribution in [3.8, 4) is 56.4 Å². The predicted molar refractivity (Wildman–Crippen MR) is 279 cm³/mol. The molecular weight excluding hydrogens is 839 g/mol. The summed E-state index contributed by atoms with van der Waals surface area (Å²) in [5.74, 6) is 3.51. The number of anilines is 3. The number of nitrogens with zero attached hydrogens (tertiary/aromatic N) is 1. The summed E-state index contributed by atoms with van der Waals surface area (Å²) in [6, 6.07) is 91.0. The highest BCUT2D eigenvalue weighted by Gasteiger charge is 2.54. The van der Waals surface area contributed by atoms with Crippen molar-refractivity contribution in [2.75, 3.05) is 4.90 Å². The molecule has 15 rings (SSSR count). The lowest BCUT2D eigenvalue weighted by Gasteiger charge is -2.40. The molecule has 0 N–H and O–H groups in total. The fourth-order valence-corrected chi connectivity index (χ4v) is 12.7. The Hall–Kier alpha value is -8.92. The van der Waals surface area contributed by atoms with Gasteiger partial charge in [-0.15, -0.1) is 0 Å². The van der Waals surface area contributed by atoms with Crippen molar-refractivity contribution in [2.45, 2.75) is 10.8 Å². The van der Waals surface area contributed by atoms with Crippen LogP contribution in [0.2, 0.25) is 0 Å². The molecule has 2 aliphatic carbocycles. The molecule has 69 heavy (non-hydrogen) atoms. The summed E-state index contributed by atoms with van der Waals surface area (Å²) in [5.41, 5.74) is 18.8. The molecule has 2 heterocycles. The molecule has 0 radical (unpaired) electrons. The first-order valence-electron chi connectivity index (χ1n) is 23.8. The summed E-state index contributed by atoms with van der Waals surface area (Å²) in [4.78, 5) is 2.51. The smallest absolute Gasteiger partial charge is 0.132 e. The lowest BCUT2D eigenvalue weighted by atomic mass is 9.65. The average Bonchev–Trinajstić information content (AvgIpc) is 3.88. The van der Waals surface area contributed by atoms with Crippen molar-refractivity contribution in [3.05, 3.63) is 293 Å². The second kappa shape index (κ2) is 14.3. The molecule has 0 unspecified atom stereocenters. The molecule has 0 bridgehead atoms. The van der Waals surface area contributed by atoms with Crippen LogP contribution in [0.15, 0.2) is 249 Å². The van der Waals surface area contributed by atoms with Crippen LogP contribution in [0.5, 0.6) is 23.0 Å².